The molecule has 1 amide bonds. The third-order valence-corrected chi connectivity index (χ3v) is 4.19. The number of sulfonamides is 1. The van der Waals surface area contributed by atoms with E-state index in [9.17, 15) is 13.2 Å². The highest BCUT2D eigenvalue weighted by Gasteiger charge is 2.11. The zero-order valence-corrected chi connectivity index (χ0v) is 14.5. The Morgan fingerprint density at radius 2 is 1.74 bits per heavy atom. The Balaban J connectivity index is 2.19. The summed E-state index contributed by atoms with van der Waals surface area (Å²) in [6.45, 7) is 3.96. The quantitative estimate of drug-likeness (QED) is 0.883. The average molecular weight is 353 g/mol. The monoisotopic (exact) mass is 352 g/mol. The van der Waals surface area contributed by atoms with Crippen molar-refractivity contribution in [1.82, 2.24) is 0 Å². The van der Waals surface area contributed by atoms with Gasteiger partial charge in [0.15, 0.2) is 0 Å². The topological polar surface area (TPSA) is 75.3 Å². The van der Waals surface area contributed by atoms with Crippen molar-refractivity contribution in [2.24, 2.45) is 0 Å². The number of rotatable bonds is 4. The largest absolute Gasteiger partial charge is 0.322 e. The van der Waals surface area contributed by atoms with E-state index < -0.39 is 10.0 Å². The minimum absolute atomic E-state index is 0.156. The van der Waals surface area contributed by atoms with Crippen LogP contribution < -0.4 is 10.0 Å². The lowest BCUT2D eigenvalue weighted by molar-refractivity contribution is 0.102. The van der Waals surface area contributed by atoms with Gasteiger partial charge in [-0.25, -0.2) is 8.42 Å². The van der Waals surface area contributed by atoms with Crippen molar-refractivity contribution in [2.75, 3.05) is 16.3 Å². The molecule has 0 bridgehead atoms. The molecule has 0 saturated carbocycles. The summed E-state index contributed by atoms with van der Waals surface area (Å²) in [5.41, 5.74) is 3.48. The third kappa shape index (κ3) is 4.71. The zero-order valence-electron chi connectivity index (χ0n) is 13.0. The second-order valence-electron chi connectivity index (χ2n) is 5.32. The number of aryl methyl sites for hydroxylation is 2. The molecule has 0 aliphatic rings. The highest BCUT2D eigenvalue weighted by Crippen LogP contribution is 2.24. The van der Waals surface area contributed by atoms with E-state index in [4.69, 9.17) is 11.6 Å². The molecule has 23 heavy (non-hydrogen) atoms. The summed E-state index contributed by atoms with van der Waals surface area (Å²) in [4.78, 5) is 12.3. The summed E-state index contributed by atoms with van der Waals surface area (Å²) < 4.78 is 24.7. The average Bonchev–Trinajstić information content (AvgIpc) is 2.43. The van der Waals surface area contributed by atoms with Crippen LogP contribution in [0.15, 0.2) is 36.4 Å². The van der Waals surface area contributed by atoms with Gasteiger partial charge in [-0.2, -0.15) is 0 Å². The molecule has 0 spiro atoms. The first-order valence-electron chi connectivity index (χ1n) is 6.81. The van der Waals surface area contributed by atoms with Crippen LogP contribution in [0.1, 0.15) is 21.5 Å². The Bertz CT molecular complexity index is 864. The van der Waals surface area contributed by atoms with Crippen LogP contribution in [-0.2, 0) is 10.0 Å². The smallest absolute Gasteiger partial charge is 0.255 e. The van der Waals surface area contributed by atoms with Gasteiger partial charge in [0.05, 0.1) is 17.0 Å². The number of amides is 1. The van der Waals surface area contributed by atoms with Gasteiger partial charge in [0.1, 0.15) is 0 Å². The molecule has 0 atom stereocenters. The second-order valence-corrected chi connectivity index (χ2v) is 7.48. The molecule has 2 N–H and O–H groups in total. The van der Waals surface area contributed by atoms with Crippen molar-refractivity contribution in [3.63, 3.8) is 0 Å². The number of benzene rings is 2. The van der Waals surface area contributed by atoms with Crippen LogP contribution in [-0.4, -0.2) is 20.6 Å². The van der Waals surface area contributed by atoms with Crippen LogP contribution in [0.2, 0.25) is 5.02 Å². The van der Waals surface area contributed by atoms with Crippen LogP contribution in [0.3, 0.4) is 0 Å². The van der Waals surface area contributed by atoms with E-state index in [1.807, 2.05) is 32.0 Å². The van der Waals surface area contributed by atoms with Gasteiger partial charge >= 0.3 is 0 Å². The van der Waals surface area contributed by atoms with Crippen molar-refractivity contribution in [3.05, 3.63) is 58.1 Å². The maximum atomic E-state index is 12.3. The van der Waals surface area contributed by atoms with E-state index in [1.54, 1.807) is 0 Å². The predicted molar refractivity (Wildman–Crippen MR) is 93.8 cm³/mol. The Kier molecular flexibility index (Phi) is 4.97. The van der Waals surface area contributed by atoms with Crippen molar-refractivity contribution < 1.29 is 13.2 Å². The molecular weight excluding hydrogens is 336 g/mol. The van der Waals surface area contributed by atoms with Crippen molar-refractivity contribution in [1.29, 1.82) is 0 Å². The molecule has 5 nitrogen and oxygen atoms in total. The number of anilines is 2. The Hall–Kier alpha value is -2.05. The second kappa shape index (κ2) is 6.60. The normalized spacial score (nSPS) is 11.1. The molecule has 0 aliphatic carbocycles. The SMILES string of the molecule is Cc1ccc(NC(=O)c2ccc(NS(C)(=O)=O)c(Cl)c2)cc1C. The standard InChI is InChI=1S/C16H17ClN2O3S/c1-10-4-6-13(8-11(10)2)18-16(20)12-5-7-15(14(17)9-12)19-23(3,21)22/h4-9,19H,1-3H3,(H,18,20). The van der Waals surface area contributed by atoms with Gasteiger partial charge in [0.25, 0.3) is 5.91 Å². The van der Waals surface area contributed by atoms with Crippen LogP contribution in [0, 0.1) is 13.8 Å². The van der Waals surface area contributed by atoms with Crippen LogP contribution in [0.25, 0.3) is 0 Å². The number of halogens is 1. The number of hydrogen-bond donors (Lipinski definition) is 2. The summed E-state index contributed by atoms with van der Waals surface area (Å²) in [7, 11) is -3.43. The van der Waals surface area contributed by atoms with Crippen LogP contribution in [0.4, 0.5) is 11.4 Å². The van der Waals surface area contributed by atoms with E-state index in [2.05, 4.69) is 10.0 Å². The molecule has 0 saturated heterocycles. The molecule has 0 radical (unpaired) electrons. The number of hydrogen-bond acceptors (Lipinski definition) is 3. The first kappa shape index (κ1) is 17.3. The van der Waals surface area contributed by atoms with Gasteiger partial charge in [-0.1, -0.05) is 17.7 Å². The lowest BCUT2D eigenvalue weighted by atomic mass is 10.1. The van der Waals surface area contributed by atoms with E-state index in [0.29, 0.717) is 11.3 Å². The minimum atomic E-state index is -3.43. The zero-order chi connectivity index (χ0) is 17.2. The summed E-state index contributed by atoms with van der Waals surface area (Å²) in [5.74, 6) is -0.318. The molecule has 0 aromatic heterocycles. The van der Waals surface area contributed by atoms with E-state index in [-0.39, 0.29) is 16.6 Å². The van der Waals surface area contributed by atoms with Crippen LogP contribution >= 0.6 is 11.6 Å². The molecule has 0 heterocycles. The van der Waals surface area contributed by atoms with Crippen molar-refractivity contribution in [3.8, 4) is 0 Å². The highest BCUT2D eigenvalue weighted by atomic mass is 35.5. The summed E-state index contributed by atoms with van der Waals surface area (Å²) in [6, 6.07) is 10.0. The lowest BCUT2D eigenvalue weighted by Gasteiger charge is -2.10. The summed E-state index contributed by atoms with van der Waals surface area (Å²) in [5, 5.41) is 2.94. The minimum Gasteiger partial charge on any atom is -0.322 e. The molecule has 2 aromatic carbocycles. The molecule has 0 aliphatic heterocycles. The molecule has 122 valence electrons. The summed E-state index contributed by atoms with van der Waals surface area (Å²) in [6.07, 6.45) is 1.03. The Morgan fingerprint density at radius 3 is 2.30 bits per heavy atom. The van der Waals surface area contributed by atoms with Gasteiger partial charge in [0, 0.05) is 11.3 Å². The number of carbonyl (C=O) groups is 1. The molecule has 0 fully saturated rings. The van der Waals surface area contributed by atoms with Gasteiger partial charge in [-0.15, -0.1) is 0 Å². The maximum absolute atomic E-state index is 12.3. The molecule has 2 aromatic rings. The van der Waals surface area contributed by atoms with Crippen molar-refractivity contribution in [2.45, 2.75) is 13.8 Å². The van der Waals surface area contributed by atoms with E-state index in [1.165, 1.54) is 18.2 Å². The van der Waals surface area contributed by atoms with Gasteiger partial charge < -0.3 is 5.32 Å². The van der Waals surface area contributed by atoms with E-state index in [0.717, 1.165) is 17.4 Å². The van der Waals surface area contributed by atoms with Crippen LogP contribution in [0.5, 0.6) is 0 Å². The Morgan fingerprint density at radius 1 is 1.04 bits per heavy atom. The number of nitrogens with one attached hydrogen (secondary N) is 2. The molecule has 7 heteroatoms. The summed E-state index contributed by atoms with van der Waals surface area (Å²) >= 11 is 6.02. The fraction of sp³-hybridized carbons (Fsp3) is 0.188. The first-order chi connectivity index (χ1) is 10.7. The fourth-order valence-corrected chi connectivity index (χ4v) is 2.82. The molecule has 2 rings (SSSR count). The third-order valence-electron chi connectivity index (χ3n) is 3.29. The molecular formula is C16H17ClN2O3S. The maximum Gasteiger partial charge on any atom is 0.255 e. The predicted octanol–water partition coefficient (Wildman–Crippen LogP) is 3.58. The Labute approximate surface area is 140 Å². The number of carbonyl (C=O) groups excluding carboxylic acids is 1. The van der Waals surface area contributed by atoms with Gasteiger partial charge in [-0.05, 0) is 55.3 Å². The molecule has 0 unspecified atom stereocenters. The highest BCUT2D eigenvalue weighted by molar-refractivity contribution is 7.92. The van der Waals surface area contributed by atoms with Gasteiger partial charge in [-0.3, -0.25) is 9.52 Å². The first-order valence-corrected chi connectivity index (χ1v) is 9.08. The van der Waals surface area contributed by atoms with Crippen molar-refractivity contribution >= 4 is 38.9 Å². The lowest BCUT2D eigenvalue weighted by Crippen LogP contribution is -2.13. The van der Waals surface area contributed by atoms with Gasteiger partial charge in [0.2, 0.25) is 10.0 Å². The van der Waals surface area contributed by atoms with E-state index >= 15 is 0 Å². The fourth-order valence-electron chi connectivity index (χ4n) is 1.96.